The molecule has 2 N–H and O–H groups in total. The number of carbonyl (C=O) groups is 2. The Balaban J connectivity index is 1.67. The zero-order valence-corrected chi connectivity index (χ0v) is 14.7. The van der Waals surface area contributed by atoms with Gasteiger partial charge < -0.3 is 20.4 Å². The van der Waals surface area contributed by atoms with Crippen LogP contribution in [-0.4, -0.2) is 67.9 Å². The van der Waals surface area contributed by atoms with Gasteiger partial charge in [0, 0.05) is 38.4 Å². The third-order valence-electron chi connectivity index (χ3n) is 4.39. The summed E-state index contributed by atoms with van der Waals surface area (Å²) < 4.78 is 0. The molecule has 0 unspecified atom stereocenters. The minimum Gasteiger partial charge on any atom is -0.348 e. The van der Waals surface area contributed by atoms with Gasteiger partial charge in [0.15, 0.2) is 0 Å². The SMILES string of the molecule is CCc1ccccc1NC(=O)C(=O)NCCCN1CCN(C)CC1. The lowest BCUT2D eigenvalue weighted by molar-refractivity contribution is -0.136. The molecule has 6 nitrogen and oxygen atoms in total. The molecule has 1 fully saturated rings. The molecule has 0 atom stereocenters. The fourth-order valence-electron chi connectivity index (χ4n) is 2.79. The van der Waals surface area contributed by atoms with Crippen LogP contribution in [0, 0.1) is 0 Å². The molecular weight excluding hydrogens is 304 g/mol. The van der Waals surface area contributed by atoms with Gasteiger partial charge >= 0.3 is 11.8 Å². The first-order valence-corrected chi connectivity index (χ1v) is 8.68. The third kappa shape index (κ3) is 5.62. The predicted octanol–water partition coefficient (Wildman–Crippen LogP) is 0.941. The van der Waals surface area contributed by atoms with Gasteiger partial charge in [0.1, 0.15) is 0 Å². The minimum absolute atomic E-state index is 0.522. The van der Waals surface area contributed by atoms with Crippen LogP contribution in [0.5, 0.6) is 0 Å². The summed E-state index contributed by atoms with van der Waals surface area (Å²) in [5.74, 6) is -1.17. The van der Waals surface area contributed by atoms with Crippen molar-refractivity contribution >= 4 is 17.5 Å². The van der Waals surface area contributed by atoms with Gasteiger partial charge in [0.2, 0.25) is 0 Å². The largest absolute Gasteiger partial charge is 0.348 e. The van der Waals surface area contributed by atoms with E-state index in [4.69, 9.17) is 0 Å². The van der Waals surface area contributed by atoms with E-state index in [9.17, 15) is 9.59 Å². The fourth-order valence-corrected chi connectivity index (χ4v) is 2.79. The second-order valence-electron chi connectivity index (χ2n) is 6.22. The highest BCUT2D eigenvalue weighted by molar-refractivity contribution is 6.39. The van der Waals surface area contributed by atoms with E-state index in [2.05, 4.69) is 27.5 Å². The Kier molecular flexibility index (Phi) is 7.21. The number of para-hydroxylation sites is 1. The predicted molar refractivity (Wildman–Crippen MR) is 96.0 cm³/mol. The molecule has 1 heterocycles. The number of piperazine rings is 1. The average Bonchev–Trinajstić information content (AvgIpc) is 2.60. The number of benzene rings is 1. The molecule has 1 aromatic rings. The number of hydrogen-bond donors (Lipinski definition) is 2. The zero-order chi connectivity index (χ0) is 17.4. The molecule has 1 aliphatic heterocycles. The maximum atomic E-state index is 12.0. The third-order valence-corrected chi connectivity index (χ3v) is 4.39. The summed E-state index contributed by atoms with van der Waals surface area (Å²) in [5.41, 5.74) is 1.73. The molecule has 6 heteroatoms. The Labute approximate surface area is 144 Å². The zero-order valence-electron chi connectivity index (χ0n) is 14.7. The number of likely N-dealkylation sites (N-methyl/N-ethyl adjacent to an activating group) is 1. The molecule has 0 aromatic heterocycles. The van der Waals surface area contributed by atoms with Crippen LogP contribution in [-0.2, 0) is 16.0 Å². The van der Waals surface area contributed by atoms with E-state index in [1.54, 1.807) is 0 Å². The summed E-state index contributed by atoms with van der Waals surface area (Å²) in [6.45, 7) is 7.81. The van der Waals surface area contributed by atoms with Crippen LogP contribution in [0.3, 0.4) is 0 Å². The lowest BCUT2D eigenvalue weighted by Crippen LogP contribution is -2.45. The van der Waals surface area contributed by atoms with Crippen molar-refractivity contribution in [3.8, 4) is 0 Å². The van der Waals surface area contributed by atoms with E-state index in [0.29, 0.717) is 12.2 Å². The van der Waals surface area contributed by atoms with Gasteiger partial charge in [-0.15, -0.1) is 0 Å². The van der Waals surface area contributed by atoms with Gasteiger partial charge in [-0.2, -0.15) is 0 Å². The molecule has 0 bridgehead atoms. The van der Waals surface area contributed by atoms with Crippen molar-refractivity contribution in [1.29, 1.82) is 0 Å². The number of carbonyl (C=O) groups excluding carboxylic acids is 2. The van der Waals surface area contributed by atoms with Crippen LogP contribution in [0.2, 0.25) is 0 Å². The number of nitrogens with one attached hydrogen (secondary N) is 2. The molecule has 132 valence electrons. The van der Waals surface area contributed by atoms with Gasteiger partial charge in [0.25, 0.3) is 0 Å². The molecule has 1 aliphatic rings. The Bertz CT molecular complexity index is 554. The Morgan fingerprint density at radius 2 is 1.79 bits per heavy atom. The number of amides is 2. The van der Waals surface area contributed by atoms with Crippen LogP contribution in [0.25, 0.3) is 0 Å². The van der Waals surface area contributed by atoms with Gasteiger partial charge in [0.05, 0.1) is 0 Å². The van der Waals surface area contributed by atoms with Crippen molar-refractivity contribution in [2.75, 3.05) is 51.6 Å². The monoisotopic (exact) mass is 332 g/mol. The van der Waals surface area contributed by atoms with Crippen LogP contribution >= 0.6 is 0 Å². The van der Waals surface area contributed by atoms with Crippen LogP contribution in [0.1, 0.15) is 18.9 Å². The number of anilines is 1. The highest BCUT2D eigenvalue weighted by Gasteiger charge is 2.15. The molecule has 1 aromatic carbocycles. The molecule has 0 radical (unpaired) electrons. The maximum Gasteiger partial charge on any atom is 0.313 e. The molecule has 2 amide bonds. The summed E-state index contributed by atoms with van der Waals surface area (Å²) in [4.78, 5) is 28.6. The number of hydrogen-bond acceptors (Lipinski definition) is 4. The normalized spacial score (nSPS) is 15.9. The van der Waals surface area contributed by atoms with Crippen molar-refractivity contribution < 1.29 is 9.59 Å². The van der Waals surface area contributed by atoms with Gasteiger partial charge in [-0.1, -0.05) is 25.1 Å². The molecule has 0 spiro atoms. The Morgan fingerprint density at radius 1 is 1.08 bits per heavy atom. The van der Waals surface area contributed by atoms with Crippen molar-refractivity contribution in [1.82, 2.24) is 15.1 Å². The lowest BCUT2D eigenvalue weighted by atomic mass is 10.1. The Hall–Kier alpha value is -1.92. The van der Waals surface area contributed by atoms with Crippen molar-refractivity contribution in [2.24, 2.45) is 0 Å². The molecule has 1 saturated heterocycles. The quantitative estimate of drug-likeness (QED) is 0.601. The van der Waals surface area contributed by atoms with Gasteiger partial charge in [-0.25, -0.2) is 0 Å². The van der Waals surface area contributed by atoms with E-state index >= 15 is 0 Å². The van der Waals surface area contributed by atoms with Gasteiger partial charge in [-0.3, -0.25) is 9.59 Å². The summed E-state index contributed by atoms with van der Waals surface area (Å²) in [5, 5.41) is 5.39. The molecule has 0 aliphatic carbocycles. The first-order valence-electron chi connectivity index (χ1n) is 8.68. The summed E-state index contributed by atoms with van der Waals surface area (Å²) in [6, 6.07) is 7.54. The first-order chi connectivity index (χ1) is 11.6. The van der Waals surface area contributed by atoms with Crippen LogP contribution in [0.4, 0.5) is 5.69 Å². The number of rotatable bonds is 6. The van der Waals surface area contributed by atoms with Crippen molar-refractivity contribution in [2.45, 2.75) is 19.8 Å². The molecule has 2 rings (SSSR count). The van der Waals surface area contributed by atoms with Crippen LogP contribution < -0.4 is 10.6 Å². The smallest absolute Gasteiger partial charge is 0.313 e. The topological polar surface area (TPSA) is 64.7 Å². The second-order valence-corrected chi connectivity index (χ2v) is 6.22. The Morgan fingerprint density at radius 3 is 2.50 bits per heavy atom. The number of aryl methyl sites for hydroxylation is 1. The fraction of sp³-hybridized carbons (Fsp3) is 0.556. The van der Waals surface area contributed by atoms with E-state index < -0.39 is 11.8 Å². The van der Waals surface area contributed by atoms with E-state index in [0.717, 1.165) is 51.1 Å². The molecule has 24 heavy (non-hydrogen) atoms. The number of nitrogens with zero attached hydrogens (tertiary/aromatic N) is 2. The second kappa shape index (κ2) is 9.39. The summed E-state index contributed by atoms with van der Waals surface area (Å²) in [7, 11) is 2.13. The lowest BCUT2D eigenvalue weighted by Gasteiger charge is -2.32. The summed E-state index contributed by atoms with van der Waals surface area (Å²) in [6.07, 6.45) is 1.66. The van der Waals surface area contributed by atoms with Crippen molar-refractivity contribution in [3.63, 3.8) is 0 Å². The molecule has 0 saturated carbocycles. The average molecular weight is 332 g/mol. The maximum absolute atomic E-state index is 12.0. The molecular formula is C18H28N4O2. The van der Waals surface area contributed by atoms with Gasteiger partial charge in [-0.05, 0) is 38.1 Å². The van der Waals surface area contributed by atoms with E-state index in [-0.39, 0.29) is 0 Å². The minimum atomic E-state index is -0.601. The first kappa shape index (κ1) is 18.4. The van der Waals surface area contributed by atoms with Crippen molar-refractivity contribution in [3.05, 3.63) is 29.8 Å². The highest BCUT2D eigenvalue weighted by Crippen LogP contribution is 2.15. The van der Waals surface area contributed by atoms with E-state index in [1.165, 1.54) is 0 Å². The standard InChI is InChI=1S/C18H28N4O2/c1-3-15-7-4-5-8-16(15)20-18(24)17(23)19-9-6-10-22-13-11-21(2)12-14-22/h4-5,7-8H,3,6,9-14H2,1-2H3,(H,19,23)(H,20,24). The van der Waals surface area contributed by atoms with E-state index in [1.807, 2.05) is 31.2 Å². The highest BCUT2D eigenvalue weighted by atomic mass is 16.2. The van der Waals surface area contributed by atoms with Crippen LogP contribution in [0.15, 0.2) is 24.3 Å². The summed E-state index contributed by atoms with van der Waals surface area (Å²) >= 11 is 0.